The Morgan fingerprint density at radius 1 is 0.957 bits per heavy atom. The number of hydrogen-bond donors (Lipinski definition) is 0. The molecule has 0 saturated heterocycles. The van der Waals surface area contributed by atoms with Gasteiger partial charge in [-0.25, -0.2) is 4.79 Å². The fourth-order valence-corrected chi connectivity index (χ4v) is 2.51. The average molecular weight is 328 g/mol. The van der Waals surface area contributed by atoms with Crippen molar-refractivity contribution in [3.8, 4) is 0 Å². The van der Waals surface area contributed by atoms with Crippen LogP contribution in [-0.4, -0.2) is 30.5 Å². The van der Waals surface area contributed by atoms with Crippen molar-refractivity contribution in [1.29, 1.82) is 0 Å². The van der Waals surface area contributed by atoms with Crippen molar-refractivity contribution < 1.29 is 14.4 Å². The minimum absolute atomic E-state index is 0.358. The second kappa shape index (κ2) is 14.5. The first kappa shape index (κ1) is 21.9. The van der Waals surface area contributed by atoms with E-state index in [4.69, 9.17) is 0 Å². The molecule has 0 aliphatic rings. The van der Waals surface area contributed by atoms with E-state index in [9.17, 15) is 10.0 Å². The predicted molar refractivity (Wildman–Crippen MR) is 93.4 cm³/mol. The first-order valence-electron chi connectivity index (χ1n) is 9.20. The third kappa shape index (κ3) is 14.2. The van der Waals surface area contributed by atoms with Gasteiger partial charge in [0.2, 0.25) is 6.04 Å². The predicted octanol–water partition coefficient (Wildman–Crippen LogP) is 5.07. The Hall–Kier alpha value is -1.13. The van der Waals surface area contributed by atoms with Crippen molar-refractivity contribution in [3.05, 3.63) is 5.21 Å². The second-order valence-electron chi connectivity index (χ2n) is 6.75. The van der Waals surface area contributed by atoms with Gasteiger partial charge in [0.1, 0.15) is 0 Å². The molecule has 5 nitrogen and oxygen atoms in total. The number of carbonyl (C=O) groups is 1. The molecule has 0 N–H and O–H groups in total. The lowest BCUT2D eigenvalue weighted by Gasteiger charge is -2.05. The summed E-state index contributed by atoms with van der Waals surface area (Å²) in [6.45, 7) is 6.49. The zero-order valence-corrected chi connectivity index (χ0v) is 15.6. The summed E-state index contributed by atoms with van der Waals surface area (Å²) in [7, 11) is 1.30. The van der Waals surface area contributed by atoms with Gasteiger partial charge in [0.25, 0.3) is 0 Å². The SMILES string of the molecule is COC(=O)C(C)N=[N+]([O-])CCCCCCCCCCCC(C)C. The lowest BCUT2D eigenvalue weighted by Crippen LogP contribution is -2.19. The summed E-state index contributed by atoms with van der Waals surface area (Å²) in [6, 6.07) is -0.715. The van der Waals surface area contributed by atoms with Crippen LogP contribution >= 0.6 is 0 Å². The zero-order valence-electron chi connectivity index (χ0n) is 15.6. The number of ether oxygens (including phenoxy) is 1. The number of hydrogen-bond acceptors (Lipinski definition) is 4. The number of hydroxylamine groups is 1. The van der Waals surface area contributed by atoms with Gasteiger partial charge in [-0.2, -0.15) is 0 Å². The molecule has 0 aliphatic heterocycles. The molecule has 0 heterocycles. The van der Waals surface area contributed by atoms with Crippen LogP contribution in [0.3, 0.4) is 0 Å². The van der Waals surface area contributed by atoms with Crippen molar-refractivity contribution in [1.82, 2.24) is 0 Å². The zero-order chi connectivity index (χ0) is 17.5. The van der Waals surface area contributed by atoms with E-state index < -0.39 is 12.0 Å². The quantitative estimate of drug-likeness (QED) is 0.147. The summed E-state index contributed by atoms with van der Waals surface area (Å²) in [5.41, 5.74) is 0. The van der Waals surface area contributed by atoms with Crippen molar-refractivity contribution in [2.45, 2.75) is 91.0 Å². The van der Waals surface area contributed by atoms with Gasteiger partial charge in [-0.05, 0) is 24.4 Å². The molecule has 1 atom stereocenters. The molecule has 5 heteroatoms. The van der Waals surface area contributed by atoms with E-state index in [2.05, 4.69) is 23.7 Å². The van der Waals surface area contributed by atoms with E-state index in [1.165, 1.54) is 58.5 Å². The first-order valence-corrected chi connectivity index (χ1v) is 9.20. The highest BCUT2D eigenvalue weighted by atomic mass is 16.5. The van der Waals surface area contributed by atoms with Gasteiger partial charge in [0.05, 0.1) is 7.11 Å². The molecule has 0 fully saturated rings. The smallest absolute Gasteiger partial charge is 0.336 e. The Kier molecular flexibility index (Phi) is 13.8. The van der Waals surface area contributed by atoms with E-state index in [-0.39, 0.29) is 0 Å². The van der Waals surface area contributed by atoms with Gasteiger partial charge >= 0.3 is 5.97 Å². The Morgan fingerprint density at radius 2 is 1.43 bits per heavy atom. The molecule has 0 radical (unpaired) electrons. The normalized spacial score (nSPS) is 13.3. The molecule has 0 aromatic carbocycles. The van der Waals surface area contributed by atoms with Crippen LogP contribution in [0.2, 0.25) is 0 Å². The van der Waals surface area contributed by atoms with Crippen LogP contribution in [-0.2, 0) is 9.53 Å². The summed E-state index contributed by atoms with van der Waals surface area (Å²) < 4.78 is 4.53. The summed E-state index contributed by atoms with van der Waals surface area (Å²) in [4.78, 5) is 11.8. The molecule has 0 bridgehead atoms. The molecular weight excluding hydrogens is 292 g/mol. The molecule has 0 rings (SSSR count). The van der Waals surface area contributed by atoms with E-state index in [1.807, 2.05) is 0 Å². The van der Waals surface area contributed by atoms with E-state index in [1.54, 1.807) is 6.92 Å². The van der Waals surface area contributed by atoms with Gasteiger partial charge in [0.15, 0.2) is 6.54 Å². The second-order valence-corrected chi connectivity index (χ2v) is 6.75. The number of carbonyl (C=O) groups excluding carboxylic acids is 1. The molecule has 0 aromatic rings. The molecule has 23 heavy (non-hydrogen) atoms. The number of unbranched alkanes of at least 4 members (excludes halogenated alkanes) is 8. The maximum Gasteiger partial charge on any atom is 0.336 e. The van der Waals surface area contributed by atoms with Gasteiger partial charge in [-0.1, -0.05) is 70.1 Å². The minimum Gasteiger partial charge on any atom is -0.600 e. The topological polar surface area (TPSA) is 64.7 Å². The van der Waals surface area contributed by atoms with Crippen molar-refractivity contribution >= 4 is 5.97 Å². The highest BCUT2D eigenvalue weighted by Gasteiger charge is 2.15. The van der Waals surface area contributed by atoms with Crippen LogP contribution in [0.5, 0.6) is 0 Å². The van der Waals surface area contributed by atoms with E-state index >= 15 is 0 Å². The van der Waals surface area contributed by atoms with Gasteiger partial charge in [0, 0.05) is 6.42 Å². The Labute approximate surface area is 142 Å². The fraction of sp³-hybridized carbons (Fsp3) is 0.944. The van der Waals surface area contributed by atoms with Crippen LogP contribution in [0, 0.1) is 11.1 Å². The van der Waals surface area contributed by atoms with Crippen molar-refractivity contribution in [2.24, 2.45) is 11.0 Å². The fourth-order valence-electron chi connectivity index (χ4n) is 2.51. The van der Waals surface area contributed by atoms with Crippen molar-refractivity contribution in [2.75, 3.05) is 13.7 Å². The summed E-state index contributed by atoms with van der Waals surface area (Å²) in [5, 5.41) is 15.2. The molecule has 0 amide bonds. The number of methoxy groups -OCH3 is 1. The Bertz CT molecular complexity index is 330. The van der Waals surface area contributed by atoms with Crippen LogP contribution in [0.4, 0.5) is 0 Å². The number of rotatable bonds is 14. The number of esters is 1. The summed E-state index contributed by atoms with van der Waals surface area (Å²) in [6.07, 6.45) is 12.4. The summed E-state index contributed by atoms with van der Waals surface area (Å²) in [5.74, 6) is 0.358. The monoisotopic (exact) mass is 328 g/mol. The Morgan fingerprint density at radius 3 is 1.91 bits per heavy atom. The lowest BCUT2D eigenvalue weighted by molar-refractivity contribution is -0.532. The van der Waals surface area contributed by atoms with Gasteiger partial charge in [-0.3, -0.25) is 0 Å². The minimum atomic E-state index is -0.715. The van der Waals surface area contributed by atoms with Gasteiger partial charge in [-0.15, -0.1) is 0 Å². The third-order valence-electron chi connectivity index (χ3n) is 3.98. The molecule has 136 valence electrons. The molecule has 0 spiro atoms. The van der Waals surface area contributed by atoms with Crippen molar-refractivity contribution in [3.63, 3.8) is 0 Å². The van der Waals surface area contributed by atoms with E-state index in [0.717, 1.165) is 18.8 Å². The first-order chi connectivity index (χ1) is 11.0. The third-order valence-corrected chi connectivity index (χ3v) is 3.98. The lowest BCUT2D eigenvalue weighted by atomic mass is 10.0. The highest BCUT2D eigenvalue weighted by Crippen LogP contribution is 2.13. The molecule has 0 aliphatic carbocycles. The Balaban J connectivity index is 3.42. The molecular formula is C18H36N2O3. The van der Waals surface area contributed by atoms with Crippen LogP contribution < -0.4 is 0 Å². The van der Waals surface area contributed by atoms with Crippen LogP contribution in [0.25, 0.3) is 0 Å². The maximum absolute atomic E-state index is 11.5. The van der Waals surface area contributed by atoms with Crippen LogP contribution in [0.1, 0.15) is 85.0 Å². The maximum atomic E-state index is 11.5. The molecule has 0 saturated carbocycles. The van der Waals surface area contributed by atoms with Crippen LogP contribution in [0.15, 0.2) is 5.11 Å². The van der Waals surface area contributed by atoms with E-state index in [0.29, 0.717) is 11.4 Å². The highest BCUT2D eigenvalue weighted by molar-refractivity contribution is 5.74. The van der Waals surface area contributed by atoms with Gasteiger partial charge < -0.3 is 9.94 Å². The number of nitrogens with zero attached hydrogens (tertiary/aromatic N) is 2. The number of azo groups is 1. The summed E-state index contributed by atoms with van der Waals surface area (Å²) >= 11 is 0. The largest absolute Gasteiger partial charge is 0.600 e. The standard InChI is InChI=1S/C18H36N2O3/c1-16(2)14-12-10-8-6-5-7-9-11-13-15-20(22)19-17(3)18(21)23-4/h16-17H,5-15H2,1-4H3. The average Bonchev–Trinajstić information content (AvgIpc) is 2.51. The molecule has 0 aromatic heterocycles. The molecule has 1 unspecified atom stereocenters.